The van der Waals surface area contributed by atoms with Crippen LogP contribution < -0.4 is 21.3 Å². The second-order valence-electron chi connectivity index (χ2n) is 7.01. The summed E-state index contributed by atoms with van der Waals surface area (Å²) in [7, 11) is -4.67. The molecule has 0 saturated heterocycles. The van der Waals surface area contributed by atoms with Gasteiger partial charge in [0.2, 0.25) is 5.95 Å². The van der Waals surface area contributed by atoms with Gasteiger partial charge in [-0.05, 0) is 27.7 Å². The van der Waals surface area contributed by atoms with Crippen LogP contribution in [0.5, 0.6) is 0 Å². The maximum Gasteiger partial charge on any atom is 0.394 e. The van der Waals surface area contributed by atoms with E-state index < -0.39 is 34.0 Å². The van der Waals surface area contributed by atoms with Crippen LogP contribution in [0.2, 0.25) is 0 Å². The summed E-state index contributed by atoms with van der Waals surface area (Å²) in [5.41, 5.74) is 0.541. The van der Waals surface area contributed by atoms with Crippen molar-refractivity contribution in [2.45, 2.75) is 27.7 Å². The quantitative estimate of drug-likeness (QED) is 0.220. The lowest BCUT2D eigenvalue weighted by molar-refractivity contribution is -0.113. The minimum atomic E-state index is -4.67. The van der Waals surface area contributed by atoms with Gasteiger partial charge < -0.3 is 16.0 Å². The van der Waals surface area contributed by atoms with Crippen LogP contribution in [-0.4, -0.2) is 51.1 Å². The zero-order valence-corrected chi connectivity index (χ0v) is 20.3. The molecule has 1 aromatic heterocycles. The molecular formula is C20H26N6O8S. The minimum absolute atomic E-state index is 0.111. The van der Waals surface area contributed by atoms with Crippen LogP contribution in [0.3, 0.4) is 0 Å². The number of nitrogens with zero attached hydrogens (tertiary/aromatic N) is 2. The topological polar surface area (TPSA) is 217 Å². The number of carbonyl (C=O) groups is 4. The molecular weight excluding hydrogens is 484 g/mol. The summed E-state index contributed by atoms with van der Waals surface area (Å²) in [4.78, 5) is 56.6. The molecule has 14 nitrogen and oxygen atoms in total. The maximum absolute atomic E-state index is 12.2. The standard InChI is InChI=1S/C20H24N6O4.H2O4S/c1-9(2)16(27)21-13-14(22-17(28)10(3)4)24-20(26-19(30)12(7)8)25-15(13)23-18(29)11(5)6;1-5(2,3)4/h1,3,5,7H2,2,4,6,8H3,(H,21,27)(H3,22,23,24,25,26,28,29,30);(H2,1,2,3,4). The fourth-order valence-corrected chi connectivity index (χ4v) is 1.67. The Morgan fingerprint density at radius 3 is 1.17 bits per heavy atom. The van der Waals surface area contributed by atoms with Crippen molar-refractivity contribution in [3.8, 4) is 0 Å². The van der Waals surface area contributed by atoms with Gasteiger partial charge in [-0.2, -0.15) is 18.4 Å². The first-order valence-electron chi connectivity index (χ1n) is 9.32. The Morgan fingerprint density at radius 2 is 0.886 bits per heavy atom. The highest BCUT2D eigenvalue weighted by molar-refractivity contribution is 7.79. The molecule has 0 aromatic carbocycles. The van der Waals surface area contributed by atoms with Crippen molar-refractivity contribution in [3.05, 3.63) is 48.6 Å². The van der Waals surface area contributed by atoms with Gasteiger partial charge in [0.05, 0.1) is 0 Å². The van der Waals surface area contributed by atoms with Crippen molar-refractivity contribution in [3.63, 3.8) is 0 Å². The van der Waals surface area contributed by atoms with Crippen molar-refractivity contribution in [2.24, 2.45) is 0 Å². The highest BCUT2D eigenvalue weighted by Gasteiger charge is 2.22. The summed E-state index contributed by atoms with van der Waals surface area (Å²) >= 11 is 0. The van der Waals surface area contributed by atoms with E-state index in [1.165, 1.54) is 27.7 Å². The molecule has 0 spiro atoms. The Bertz CT molecular complexity index is 1160. The Balaban J connectivity index is 0.00000209. The van der Waals surface area contributed by atoms with Gasteiger partial charge in [-0.3, -0.25) is 33.6 Å². The first-order valence-corrected chi connectivity index (χ1v) is 10.7. The molecule has 1 aromatic rings. The highest BCUT2D eigenvalue weighted by Crippen LogP contribution is 2.30. The van der Waals surface area contributed by atoms with Gasteiger partial charge in [-0.1, -0.05) is 26.3 Å². The largest absolute Gasteiger partial charge is 0.394 e. The molecule has 190 valence electrons. The number of hydrogen-bond acceptors (Lipinski definition) is 8. The predicted octanol–water partition coefficient (Wildman–Crippen LogP) is 1.88. The van der Waals surface area contributed by atoms with Crippen molar-refractivity contribution in [1.82, 2.24) is 9.97 Å². The average molecular weight is 511 g/mol. The predicted molar refractivity (Wildman–Crippen MR) is 130 cm³/mol. The number of amides is 4. The second-order valence-corrected chi connectivity index (χ2v) is 7.90. The smallest absolute Gasteiger partial charge is 0.316 e. The average Bonchev–Trinajstić information content (AvgIpc) is 2.68. The summed E-state index contributed by atoms with van der Waals surface area (Å²) in [6.07, 6.45) is 0. The number of nitrogens with one attached hydrogen (secondary N) is 4. The monoisotopic (exact) mass is 510 g/mol. The fourth-order valence-electron chi connectivity index (χ4n) is 1.67. The van der Waals surface area contributed by atoms with Crippen LogP contribution in [-0.2, 0) is 29.6 Å². The zero-order valence-electron chi connectivity index (χ0n) is 19.5. The number of hydrogen-bond donors (Lipinski definition) is 6. The van der Waals surface area contributed by atoms with E-state index in [4.69, 9.17) is 17.5 Å². The minimum Gasteiger partial charge on any atom is -0.316 e. The zero-order chi connectivity index (χ0) is 27.7. The van der Waals surface area contributed by atoms with Crippen LogP contribution >= 0.6 is 0 Å². The molecule has 6 N–H and O–H groups in total. The van der Waals surface area contributed by atoms with Gasteiger partial charge in [0, 0.05) is 22.3 Å². The van der Waals surface area contributed by atoms with Crippen molar-refractivity contribution in [1.29, 1.82) is 0 Å². The lowest BCUT2D eigenvalue weighted by Crippen LogP contribution is -2.24. The second kappa shape index (κ2) is 12.9. The van der Waals surface area contributed by atoms with E-state index in [0.29, 0.717) is 0 Å². The lowest BCUT2D eigenvalue weighted by atomic mass is 10.2. The van der Waals surface area contributed by atoms with E-state index >= 15 is 0 Å². The van der Waals surface area contributed by atoms with Crippen LogP contribution in [0.4, 0.5) is 23.3 Å². The fraction of sp³-hybridized carbons (Fsp3) is 0.200. The molecule has 4 amide bonds. The third-order valence-electron chi connectivity index (χ3n) is 3.39. The number of rotatable bonds is 8. The van der Waals surface area contributed by atoms with Gasteiger partial charge in [-0.25, -0.2) is 0 Å². The van der Waals surface area contributed by atoms with Gasteiger partial charge in [-0.15, -0.1) is 0 Å². The molecule has 0 saturated carbocycles. The summed E-state index contributed by atoms with van der Waals surface area (Å²) in [6, 6.07) is 0. The van der Waals surface area contributed by atoms with E-state index in [9.17, 15) is 19.2 Å². The SMILES string of the molecule is C=C(C)C(=O)Nc1nc(NC(=O)C(=C)C)c(NC(=O)C(=C)C)c(NC(=O)C(=C)C)n1.O=S(=O)(O)O. The molecule has 1 rings (SSSR count). The number of aromatic nitrogens is 2. The van der Waals surface area contributed by atoms with Gasteiger partial charge >= 0.3 is 10.4 Å². The number of anilines is 4. The molecule has 1 heterocycles. The molecule has 0 aliphatic carbocycles. The molecule has 0 atom stereocenters. The summed E-state index contributed by atoms with van der Waals surface area (Å²) in [6.45, 7) is 20.0. The normalized spacial score (nSPS) is 10.0. The van der Waals surface area contributed by atoms with Gasteiger partial charge in [0.1, 0.15) is 5.69 Å². The van der Waals surface area contributed by atoms with E-state index in [1.54, 1.807) is 0 Å². The van der Waals surface area contributed by atoms with E-state index in [-0.39, 0.29) is 45.6 Å². The summed E-state index contributed by atoms with van der Waals surface area (Å²) in [5.74, 6) is -2.99. The Morgan fingerprint density at radius 1 is 0.629 bits per heavy atom. The first-order chi connectivity index (χ1) is 15.8. The Labute approximate surface area is 201 Å². The molecule has 0 bridgehead atoms. The molecule has 35 heavy (non-hydrogen) atoms. The van der Waals surface area contributed by atoms with E-state index in [1.807, 2.05) is 0 Å². The molecule has 0 aliphatic rings. The molecule has 0 radical (unpaired) electrons. The van der Waals surface area contributed by atoms with Crippen LogP contribution in [0.1, 0.15) is 27.7 Å². The molecule has 0 unspecified atom stereocenters. The molecule has 0 aliphatic heterocycles. The lowest BCUT2D eigenvalue weighted by Gasteiger charge is -2.17. The molecule has 0 fully saturated rings. The maximum atomic E-state index is 12.2. The Hall–Kier alpha value is -4.21. The molecule has 15 heteroatoms. The van der Waals surface area contributed by atoms with Crippen molar-refractivity contribution >= 4 is 57.3 Å². The van der Waals surface area contributed by atoms with Crippen LogP contribution in [0.15, 0.2) is 48.6 Å². The van der Waals surface area contributed by atoms with Crippen molar-refractivity contribution in [2.75, 3.05) is 21.3 Å². The van der Waals surface area contributed by atoms with Crippen LogP contribution in [0, 0.1) is 0 Å². The highest BCUT2D eigenvalue weighted by atomic mass is 32.3. The number of carbonyl (C=O) groups excluding carboxylic acids is 4. The Kier molecular flexibility index (Phi) is 11.3. The van der Waals surface area contributed by atoms with Crippen molar-refractivity contribution < 1.29 is 36.7 Å². The third kappa shape index (κ3) is 12.0. The third-order valence-corrected chi connectivity index (χ3v) is 3.39. The summed E-state index contributed by atoms with van der Waals surface area (Å²) < 4.78 is 31.6. The van der Waals surface area contributed by atoms with E-state index in [2.05, 4.69) is 57.6 Å². The van der Waals surface area contributed by atoms with Gasteiger partial charge in [0.25, 0.3) is 23.6 Å². The first kappa shape index (κ1) is 30.8. The van der Waals surface area contributed by atoms with Gasteiger partial charge in [0.15, 0.2) is 11.6 Å². The van der Waals surface area contributed by atoms with E-state index in [0.717, 1.165) is 0 Å². The van der Waals surface area contributed by atoms with Crippen LogP contribution in [0.25, 0.3) is 0 Å². The summed E-state index contributed by atoms with van der Waals surface area (Å²) in [5, 5.41) is 9.80.